The molecule has 0 unspecified atom stereocenters. The van der Waals surface area contributed by atoms with Crippen LogP contribution in [-0.4, -0.2) is 17.6 Å². The molecule has 1 amide bonds. The fraction of sp³-hybridized carbons (Fsp3) is 0.286. The number of nitrogens with one attached hydrogen (secondary N) is 2. The lowest BCUT2D eigenvalue weighted by atomic mass is 10.2. The molecule has 2 N–H and O–H groups in total. The van der Waals surface area contributed by atoms with Crippen LogP contribution in [0.4, 0.5) is 11.5 Å². The zero-order valence-corrected chi connectivity index (χ0v) is 12.1. The average Bonchev–Trinajstić information content (AvgIpc) is 2.80. The van der Waals surface area contributed by atoms with E-state index < -0.39 is 0 Å². The molecule has 2 aromatic rings. The van der Waals surface area contributed by atoms with Gasteiger partial charge in [-0.2, -0.15) is 0 Å². The molecule has 5 nitrogen and oxygen atoms in total. The van der Waals surface area contributed by atoms with Gasteiger partial charge in [-0.1, -0.05) is 22.8 Å². The van der Waals surface area contributed by atoms with Gasteiger partial charge in [-0.25, -0.2) is 0 Å². The Balaban J connectivity index is 1.81. The van der Waals surface area contributed by atoms with Crippen molar-refractivity contribution in [2.45, 2.75) is 20.3 Å². The number of halogens is 1. The smallest absolute Gasteiger partial charge is 0.227 e. The quantitative estimate of drug-likeness (QED) is 0.887. The summed E-state index contributed by atoms with van der Waals surface area (Å²) in [5.74, 6) is 0.977. The standard InChI is InChI=1S/C14H16ClN3O2/c1-9-8-13(18-20-9)17-14(19)6-7-16-12-5-3-4-11(15)10(12)2/h3-5,8,16H,6-7H2,1-2H3,(H,17,18,19). The Bertz CT molecular complexity index is 610. The largest absolute Gasteiger partial charge is 0.384 e. The summed E-state index contributed by atoms with van der Waals surface area (Å²) in [6.45, 7) is 4.22. The summed E-state index contributed by atoms with van der Waals surface area (Å²) < 4.78 is 4.87. The maximum absolute atomic E-state index is 11.7. The van der Waals surface area contributed by atoms with Crippen LogP contribution in [0.2, 0.25) is 5.02 Å². The molecule has 0 fully saturated rings. The monoisotopic (exact) mass is 293 g/mol. The summed E-state index contributed by atoms with van der Waals surface area (Å²) in [6.07, 6.45) is 0.331. The minimum absolute atomic E-state index is 0.120. The van der Waals surface area contributed by atoms with E-state index >= 15 is 0 Å². The van der Waals surface area contributed by atoms with Crippen molar-refractivity contribution in [1.29, 1.82) is 0 Å². The molecule has 106 valence electrons. The molecule has 0 aliphatic rings. The molecule has 20 heavy (non-hydrogen) atoms. The summed E-state index contributed by atoms with van der Waals surface area (Å²) in [5.41, 5.74) is 1.91. The number of benzene rings is 1. The first kappa shape index (κ1) is 14.4. The zero-order chi connectivity index (χ0) is 14.5. The van der Waals surface area contributed by atoms with Crippen LogP contribution >= 0.6 is 11.6 Å². The predicted molar refractivity (Wildman–Crippen MR) is 79.2 cm³/mol. The maximum atomic E-state index is 11.7. The molecule has 0 bridgehead atoms. The van der Waals surface area contributed by atoms with Crippen molar-refractivity contribution in [3.05, 3.63) is 40.6 Å². The molecule has 0 radical (unpaired) electrons. The Labute approximate surface area is 122 Å². The Morgan fingerprint density at radius 1 is 1.40 bits per heavy atom. The van der Waals surface area contributed by atoms with Crippen molar-refractivity contribution in [3.8, 4) is 0 Å². The summed E-state index contributed by atoms with van der Waals surface area (Å²) in [6, 6.07) is 7.31. The van der Waals surface area contributed by atoms with Gasteiger partial charge >= 0.3 is 0 Å². The molecule has 0 aliphatic heterocycles. The van der Waals surface area contributed by atoms with Crippen molar-refractivity contribution in [3.63, 3.8) is 0 Å². The van der Waals surface area contributed by atoms with E-state index in [-0.39, 0.29) is 5.91 Å². The van der Waals surface area contributed by atoms with Gasteiger partial charge in [0.05, 0.1) is 0 Å². The van der Waals surface area contributed by atoms with E-state index in [0.29, 0.717) is 29.6 Å². The number of hydrogen-bond donors (Lipinski definition) is 2. The van der Waals surface area contributed by atoms with Crippen molar-refractivity contribution in [2.75, 3.05) is 17.2 Å². The first-order valence-electron chi connectivity index (χ1n) is 6.28. The van der Waals surface area contributed by atoms with Gasteiger partial charge in [-0.15, -0.1) is 0 Å². The molecule has 0 saturated carbocycles. The molecule has 0 aliphatic carbocycles. The number of nitrogens with zero attached hydrogens (tertiary/aromatic N) is 1. The lowest BCUT2D eigenvalue weighted by Gasteiger charge is -2.10. The number of carbonyl (C=O) groups excluding carboxylic acids is 1. The van der Waals surface area contributed by atoms with E-state index in [1.54, 1.807) is 13.0 Å². The Hall–Kier alpha value is -2.01. The van der Waals surface area contributed by atoms with Gasteiger partial charge in [0.15, 0.2) is 5.82 Å². The van der Waals surface area contributed by atoms with Crippen molar-refractivity contribution >= 4 is 29.0 Å². The molecule has 0 spiro atoms. The van der Waals surface area contributed by atoms with Crippen molar-refractivity contribution < 1.29 is 9.32 Å². The second-order valence-electron chi connectivity index (χ2n) is 4.46. The summed E-state index contributed by atoms with van der Waals surface area (Å²) in [5, 5.41) is 10.3. The SMILES string of the molecule is Cc1cc(NC(=O)CCNc2cccc(Cl)c2C)no1. The number of carbonyl (C=O) groups is 1. The Morgan fingerprint density at radius 2 is 2.20 bits per heavy atom. The number of hydrogen-bond acceptors (Lipinski definition) is 4. The van der Waals surface area contributed by atoms with Gasteiger partial charge in [-0.05, 0) is 31.5 Å². The van der Waals surface area contributed by atoms with Gasteiger partial charge in [0.2, 0.25) is 5.91 Å². The number of amides is 1. The van der Waals surface area contributed by atoms with Gasteiger partial charge in [0.25, 0.3) is 0 Å². The lowest BCUT2D eigenvalue weighted by Crippen LogP contribution is -2.16. The minimum atomic E-state index is -0.120. The van der Waals surface area contributed by atoms with Crippen LogP contribution in [0.1, 0.15) is 17.7 Å². The van der Waals surface area contributed by atoms with E-state index in [4.69, 9.17) is 16.1 Å². The zero-order valence-electron chi connectivity index (χ0n) is 11.4. The van der Waals surface area contributed by atoms with E-state index in [0.717, 1.165) is 11.3 Å². The molecular weight excluding hydrogens is 278 g/mol. The fourth-order valence-electron chi connectivity index (χ4n) is 1.74. The summed E-state index contributed by atoms with van der Waals surface area (Å²) in [7, 11) is 0. The Morgan fingerprint density at radius 3 is 2.90 bits per heavy atom. The maximum Gasteiger partial charge on any atom is 0.227 e. The van der Waals surface area contributed by atoms with Gasteiger partial charge in [0, 0.05) is 29.7 Å². The third kappa shape index (κ3) is 3.74. The van der Waals surface area contributed by atoms with Gasteiger partial charge in [0.1, 0.15) is 5.76 Å². The highest BCUT2D eigenvalue weighted by Crippen LogP contribution is 2.22. The van der Waals surface area contributed by atoms with E-state index in [1.165, 1.54) is 0 Å². The molecule has 0 saturated heterocycles. The van der Waals surface area contributed by atoms with Crippen molar-refractivity contribution in [2.24, 2.45) is 0 Å². The third-order valence-electron chi connectivity index (χ3n) is 2.83. The van der Waals surface area contributed by atoms with E-state index in [2.05, 4.69) is 15.8 Å². The van der Waals surface area contributed by atoms with Crippen LogP contribution in [0, 0.1) is 13.8 Å². The van der Waals surface area contributed by atoms with E-state index in [1.807, 2.05) is 25.1 Å². The molecule has 6 heteroatoms. The normalized spacial score (nSPS) is 10.3. The first-order valence-corrected chi connectivity index (χ1v) is 6.66. The van der Waals surface area contributed by atoms with Crippen LogP contribution in [0.3, 0.4) is 0 Å². The van der Waals surface area contributed by atoms with Crippen molar-refractivity contribution in [1.82, 2.24) is 5.16 Å². The van der Waals surface area contributed by atoms with Gasteiger partial charge in [-0.3, -0.25) is 4.79 Å². The van der Waals surface area contributed by atoms with E-state index in [9.17, 15) is 4.79 Å². The predicted octanol–water partition coefficient (Wildman–Crippen LogP) is 3.39. The second-order valence-corrected chi connectivity index (χ2v) is 4.87. The number of rotatable bonds is 5. The van der Waals surface area contributed by atoms with Crippen LogP contribution in [0.5, 0.6) is 0 Å². The number of aryl methyl sites for hydroxylation is 1. The first-order chi connectivity index (χ1) is 9.56. The number of anilines is 2. The van der Waals surface area contributed by atoms with Gasteiger partial charge < -0.3 is 15.2 Å². The van der Waals surface area contributed by atoms with Crippen LogP contribution in [0.25, 0.3) is 0 Å². The highest BCUT2D eigenvalue weighted by Gasteiger charge is 2.06. The molecular formula is C14H16ClN3O2. The second kappa shape index (κ2) is 6.43. The average molecular weight is 294 g/mol. The lowest BCUT2D eigenvalue weighted by molar-refractivity contribution is -0.116. The highest BCUT2D eigenvalue weighted by molar-refractivity contribution is 6.31. The minimum Gasteiger partial charge on any atom is -0.384 e. The highest BCUT2D eigenvalue weighted by atomic mass is 35.5. The topological polar surface area (TPSA) is 67.2 Å². The molecule has 2 rings (SSSR count). The molecule has 0 atom stereocenters. The molecule has 1 aromatic heterocycles. The Kier molecular flexibility index (Phi) is 4.63. The molecule has 1 aromatic carbocycles. The van der Waals surface area contributed by atoms with Crippen LogP contribution in [-0.2, 0) is 4.79 Å². The van der Waals surface area contributed by atoms with Crippen LogP contribution in [0.15, 0.2) is 28.8 Å². The fourth-order valence-corrected chi connectivity index (χ4v) is 1.91. The summed E-state index contributed by atoms with van der Waals surface area (Å²) in [4.78, 5) is 11.7. The third-order valence-corrected chi connectivity index (χ3v) is 3.24. The van der Waals surface area contributed by atoms with Crippen LogP contribution < -0.4 is 10.6 Å². The molecule has 1 heterocycles. The summed E-state index contributed by atoms with van der Waals surface area (Å²) >= 11 is 6.03. The number of aromatic nitrogens is 1.